The number of hydrogen-bond acceptors (Lipinski definition) is 7. The second-order valence-corrected chi connectivity index (χ2v) is 10.3. The second kappa shape index (κ2) is 11.7. The fraction of sp³-hybridized carbons (Fsp3) is 0.379. The van der Waals surface area contributed by atoms with Crippen LogP contribution in [0, 0.1) is 0 Å². The molecule has 1 saturated carbocycles. The number of benzene rings is 2. The van der Waals surface area contributed by atoms with Crippen molar-refractivity contribution in [3.63, 3.8) is 0 Å². The zero-order valence-electron chi connectivity index (χ0n) is 22.8. The Bertz CT molecular complexity index is 1550. The Kier molecular flexibility index (Phi) is 8.11. The van der Waals surface area contributed by atoms with Crippen molar-refractivity contribution >= 4 is 28.6 Å². The first-order valence-electron chi connectivity index (χ1n) is 13.6. The van der Waals surface area contributed by atoms with E-state index in [1.54, 1.807) is 23.9 Å². The van der Waals surface area contributed by atoms with Crippen LogP contribution in [0.15, 0.2) is 48.7 Å². The van der Waals surface area contributed by atoms with Gasteiger partial charge in [0.25, 0.3) is 0 Å². The first kappa shape index (κ1) is 28.3. The third-order valence-electron chi connectivity index (χ3n) is 7.19. The van der Waals surface area contributed by atoms with Crippen molar-refractivity contribution in [1.82, 2.24) is 19.7 Å². The number of nitrogens with two attached hydrogens (primary N) is 1. The molecule has 0 radical (unpaired) electrons. The topological polar surface area (TPSA) is 120 Å². The van der Waals surface area contributed by atoms with Gasteiger partial charge < -0.3 is 21.1 Å². The van der Waals surface area contributed by atoms with Crippen LogP contribution < -0.4 is 21.1 Å². The summed E-state index contributed by atoms with van der Waals surface area (Å²) in [4.78, 5) is 22.0. The summed E-state index contributed by atoms with van der Waals surface area (Å²) in [5.74, 6) is 0.148. The first-order valence-corrected chi connectivity index (χ1v) is 13.6. The molecule has 4 aromatic rings. The molecular formula is C29H32F3N7O2. The van der Waals surface area contributed by atoms with Gasteiger partial charge in [-0.15, -0.1) is 13.2 Å². The summed E-state index contributed by atoms with van der Waals surface area (Å²) < 4.78 is 43.2. The summed E-state index contributed by atoms with van der Waals surface area (Å²) in [6.45, 7) is 2.07. The lowest BCUT2D eigenvalue weighted by atomic mass is 9.92. The normalized spacial score (nSPS) is 17.4. The number of rotatable bonds is 8. The Morgan fingerprint density at radius 1 is 1.15 bits per heavy atom. The maximum atomic E-state index is 12.6. The molecule has 41 heavy (non-hydrogen) atoms. The first-order chi connectivity index (χ1) is 19.6. The zero-order valence-corrected chi connectivity index (χ0v) is 22.8. The number of fused-ring (bicyclic) bond motifs is 1. The van der Waals surface area contributed by atoms with Gasteiger partial charge in [-0.25, -0.2) is 9.97 Å². The molecule has 2 aromatic carbocycles. The number of nitrogens with one attached hydrogen (secondary N) is 2. The quantitative estimate of drug-likeness (QED) is 0.262. The molecule has 2 heterocycles. The smallest absolute Gasteiger partial charge is 0.406 e. The van der Waals surface area contributed by atoms with E-state index in [1.807, 2.05) is 12.3 Å². The van der Waals surface area contributed by atoms with Crippen molar-refractivity contribution in [3.8, 4) is 17.0 Å². The second-order valence-electron chi connectivity index (χ2n) is 10.3. The number of carbonyl (C=O) groups excluding carboxylic acids is 1. The number of anilines is 2. The predicted molar refractivity (Wildman–Crippen MR) is 150 cm³/mol. The monoisotopic (exact) mass is 567 g/mol. The molecule has 0 bridgehead atoms. The molecule has 4 N–H and O–H groups in total. The van der Waals surface area contributed by atoms with Crippen LogP contribution in [0.1, 0.15) is 43.7 Å². The summed E-state index contributed by atoms with van der Waals surface area (Å²) in [5, 5.41) is 11.5. The van der Waals surface area contributed by atoms with Gasteiger partial charge in [-0.05, 0) is 67.5 Å². The van der Waals surface area contributed by atoms with Crippen molar-refractivity contribution in [2.24, 2.45) is 12.8 Å². The molecule has 0 aliphatic heterocycles. The molecule has 9 nitrogen and oxygen atoms in total. The van der Waals surface area contributed by atoms with Gasteiger partial charge in [-0.2, -0.15) is 5.10 Å². The van der Waals surface area contributed by atoms with Crippen LogP contribution in [0.25, 0.3) is 22.2 Å². The lowest BCUT2D eigenvalue weighted by Crippen LogP contribution is -2.33. The van der Waals surface area contributed by atoms with E-state index in [4.69, 9.17) is 10.7 Å². The van der Waals surface area contributed by atoms with Crippen LogP contribution in [0.4, 0.5) is 24.9 Å². The van der Waals surface area contributed by atoms with E-state index < -0.39 is 12.3 Å². The highest BCUT2D eigenvalue weighted by Gasteiger charge is 2.31. The summed E-state index contributed by atoms with van der Waals surface area (Å²) >= 11 is 0. The van der Waals surface area contributed by atoms with E-state index in [0.29, 0.717) is 23.4 Å². The standard InChI is InChI=1S/C29H32F3N7O2/c1-3-18-13-19(14-20-16-34-28(37-27(18)20)35-22-9-7-21(33)8-10-22)24-15-25(38-39(24)2)36-26(40)12-17-5-4-6-23(11-17)41-29(30,31)32/h4-6,11,13-16,21-22H,3,7-10,12,33H2,1-2H3,(H,34,35,37)(H,36,38,40). The summed E-state index contributed by atoms with van der Waals surface area (Å²) in [7, 11) is 1.78. The van der Waals surface area contributed by atoms with E-state index in [2.05, 4.69) is 38.4 Å². The van der Waals surface area contributed by atoms with Gasteiger partial charge in [-0.1, -0.05) is 19.1 Å². The van der Waals surface area contributed by atoms with E-state index in [1.165, 1.54) is 18.2 Å². The minimum atomic E-state index is -4.80. The highest BCUT2D eigenvalue weighted by molar-refractivity contribution is 5.92. The van der Waals surface area contributed by atoms with E-state index in [-0.39, 0.29) is 18.2 Å². The summed E-state index contributed by atoms with van der Waals surface area (Å²) in [5.41, 5.74) is 10.0. The summed E-state index contributed by atoms with van der Waals surface area (Å²) in [6.07, 6.45) is 1.62. The van der Waals surface area contributed by atoms with E-state index in [9.17, 15) is 18.0 Å². The van der Waals surface area contributed by atoms with Gasteiger partial charge in [0, 0.05) is 42.3 Å². The molecule has 1 fully saturated rings. The fourth-order valence-electron chi connectivity index (χ4n) is 5.18. The van der Waals surface area contributed by atoms with Crippen LogP contribution >= 0.6 is 0 Å². The van der Waals surface area contributed by atoms with E-state index >= 15 is 0 Å². The average molecular weight is 568 g/mol. The molecule has 5 rings (SSSR count). The predicted octanol–water partition coefficient (Wildman–Crippen LogP) is 5.35. The van der Waals surface area contributed by atoms with Crippen LogP contribution in [0.3, 0.4) is 0 Å². The van der Waals surface area contributed by atoms with Crippen molar-refractivity contribution < 1.29 is 22.7 Å². The zero-order chi connectivity index (χ0) is 29.1. The molecule has 1 amide bonds. The van der Waals surface area contributed by atoms with Crippen LogP contribution in [0.2, 0.25) is 0 Å². The highest BCUT2D eigenvalue weighted by atomic mass is 19.4. The van der Waals surface area contributed by atoms with Crippen molar-refractivity contribution in [1.29, 1.82) is 0 Å². The molecule has 0 atom stereocenters. The summed E-state index contributed by atoms with van der Waals surface area (Å²) in [6, 6.07) is 11.7. The largest absolute Gasteiger partial charge is 0.573 e. The van der Waals surface area contributed by atoms with Gasteiger partial charge in [0.1, 0.15) is 5.75 Å². The van der Waals surface area contributed by atoms with Gasteiger partial charge in [0.2, 0.25) is 11.9 Å². The Hall–Kier alpha value is -4.19. The van der Waals surface area contributed by atoms with Gasteiger partial charge in [0.05, 0.1) is 17.6 Å². The number of aryl methyl sites for hydroxylation is 2. The third kappa shape index (κ3) is 7.12. The number of halogens is 3. The lowest BCUT2D eigenvalue weighted by molar-refractivity contribution is -0.274. The fourth-order valence-corrected chi connectivity index (χ4v) is 5.18. The molecule has 0 saturated heterocycles. The molecular weight excluding hydrogens is 535 g/mol. The molecule has 0 spiro atoms. The van der Waals surface area contributed by atoms with Gasteiger partial charge in [0.15, 0.2) is 5.82 Å². The molecule has 1 aliphatic carbocycles. The maximum Gasteiger partial charge on any atom is 0.573 e. The highest BCUT2D eigenvalue weighted by Crippen LogP contribution is 2.30. The Labute approximate surface area is 235 Å². The number of nitrogens with zero attached hydrogens (tertiary/aromatic N) is 4. The number of carbonyl (C=O) groups is 1. The minimum Gasteiger partial charge on any atom is -0.406 e. The number of alkyl halides is 3. The molecule has 12 heteroatoms. The number of aromatic nitrogens is 4. The van der Waals surface area contributed by atoms with Crippen molar-refractivity contribution in [3.05, 3.63) is 59.8 Å². The molecule has 0 unspecified atom stereocenters. The third-order valence-corrected chi connectivity index (χ3v) is 7.19. The Balaban J connectivity index is 1.31. The average Bonchev–Trinajstić information content (AvgIpc) is 3.28. The van der Waals surface area contributed by atoms with Gasteiger partial charge >= 0.3 is 6.36 Å². The Morgan fingerprint density at radius 3 is 2.66 bits per heavy atom. The van der Waals surface area contributed by atoms with Crippen LogP contribution in [-0.4, -0.2) is 44.1 Å². The molecule has 1 aliphatic rings. The molecule has 2 aromatic heterocycles. The van der Waals surface area contributed by atoms with Crippen molar-refractivity contribution in [2.45, 2.75) is 63.9 Å². The SMILES string of the molecule is CCc1cc(-c2cc(NC(=O)Cc3cccc(OC(F)(F)F)c3)nn2C)cc2cnc(NC3CCC(N)CC3)nc12. The van der Waals surface area contributed by atoms with Crippen molar-refractivity contribution in [2.75, 3.05) is 10.6 Å². The number of amides is 1. The lowest BCUT2D eigenvalue weighted by Gasteiger charge is -2.26. The van der Waals surface area contributed by atoms with Crippen LogP contribution in [-0.2, 0) is 24.7 Å². The minimum absolute atomic E-state index is 0.141. The van der Waals surface area contributed by atoms with E-state index in [0.717, 1.165) is 59.8 Å². The molecule has 216 valence electrons. The van der Waals surface area contributed by atoms with Crippen LogP contribution in [0.5, 0.6) is 5.75 Å². The number of hydrogen-bond donors (Lipinski definition) is 3. The number of ether oxygens (including phenoxy) is 1. The maximum absolute atomic E-state index is 12.6. The van der Waals surface area contributed by atoms with Gasteiger partial charge in [-0.3, -0.25) is 9.48 Å². The Morgan fingerprint density at radius 2 is 1.93 bits per heavy atom.